The number of hydrogen-bond donors (Lipinski definition) is 2. The average molecular weight is 317 g/mol. The van der Waals surface area contributed by atoms with Gasteiger partial charge in [0.25, 0.3) is 0 Å². The van der Waals surface area contributed by atoms with Crippen LogP contribution in [0.15, 0.2) is 48.5 Å². The molecule has 22 heavy (non-hydrogen) atoms. The van der Waals surface area contributed by atoms with E-state index in [2.05, 4.69) is 12.1 Å². The summed E-state index contributed by atoms with van der Waals surface area (Å²) in [7, 11) is 0. The number of anilines is 1. The van der Waals surface area contributed by atoms with Crippen molar-refractivity contribution in [2.45, 2.75) is 32.1 Å². The topological polar surface area (TPSA) is 47.3 Å². The molecule has 0 heterocycles. The van der Waals surface area contributed by atoms with Gasteiger partial charge in [0, 0.05) is 5.92 Å². The van der Waals surface area contributed by atoms with Gasteiger partial charge in [0.1, 0.15) is 5.84 Å². The molecular formula is C18H21ClN2O. The molecule has 1 unspecified atom stereocenters. The number of nitrogens with one attached hydrogen (secondary N) is 1. The first kappa shape index (κ1) is 16.5. The average Bonchev–Trinajstić information content (AvgIpc) is 2.53. The molecule has 3 rings (SSSR count). The van der Waals surface area contributed by atoms with Crippen LogP contribution in [0, 0.1) is 12.3 Å². The van der Waals surface area contributed by atoms with Gasteiger partial charge in [0.05, 0.1) is 5.69 Å². The van der Waals surface area contributed by atoms with Crippen LogP contribution in [-0.2, 0) is 6.42 Å². The predicted molar refractivity (Wildman–Crippen MR) is 92.5 cm³/mol. The number of amidine groups is 1. The van der Waals surface area contributed by atoms with Gasteiger partial charge >= 0.3 is 0 Å². The molecular weight excluding hydrogens is 296 g/mol. The summed E-state index contributed by atoms with van der Waals surface area (Å²) >= 11 is 0. The quantitative estimate of drug-likeness (QED) is 0.479. The summed E-state index contributed by atoms with van der Waals surface area (Å²) < 4.78 is 0. The highest BCUT2D eigenvalue weighted by molar-refractivity contribution is 5.98. The Morgan fingerprint density at radius 3 is 2.55 bits per heavy atom. The molecule has 0 saturated carbocycles. The maximum atomic E-state index is 10.4. The van der Waals surface area contributed by atoms with Gasteiger partial charge in [-0.3, -0.25) is 10.6 Å². The number of aryl methyl sites for hydroxylation is 2. The Morgan fingerprint density at radius 2 is 1.82 bits per heavy atom. The van der Waals surface area contributed by atoms with E-state index in [-0.39, 0.29) is 24.2 Å². The third-order valence-corrected chi connectivity index (χ3v) is 4.21. The zero-order valence-corrected chi connectivity index (χ0v) is 13.4. The molecule has 1 aliphatic rings. The van der Waals surface area contributed by atoms with E-state index in [1.165, 1.54) is 11.1 Å². The fourth-order valence-corrected chi connectivity index (χ4v) is 3.01. The molecule has 0 aliphatic heterocycles. The predicted octanol–water partition coefficient (Wildman–Crippen LogP) is 4.71. The number of nitrogens with zero attached hydrogens (tertiary/aromatic N) is 1. The molecule has 0 spiro atoms. The van der Waals surface area contributed by atoms with E-state index in [4.69, 9.17) is 5.41 Å². The lowest BCUT2D eigenvalue weighted by atomic mass is 9.82. The fourth-order valence-electron chi connectivity index (χ4n) is 3.01. The van der Waals surface area contributed by atoms with Crippen molar-refractivity contribution in [3.63, 3.8) is 0 Å². The summed E-state index contributed by atoms with van der Waals surface area (Å²) in [5.41, 5.74) is 4.27. The second kappa shape index (κ2) is 6.95. The van der Waals surface area contributed by atoms with E-state index in [9.17, 15) is 5.21 Å². The summed E-state index contributed by atoms with van der Waals surface area (Å²) in [6, 6.07) is 15.8. The van der Waals surface area contributed by atoms with Crippen molar-refractivity contribution in [2.75, 3.05) is 5.06 Å². The van der Waals surface area contributed by atoms with Crippen LogP contribution in [0.1, 0.15) is 35.4 Å². The monoisotopic (exact) mass is 316 g/mol. The maximum absolute atomic E-state index is 10.4. The molecule has 2 N–H and O–H groups in total. The summed E-state index contributed by atoms with van der Waals surface area (Å²) in [5.74, 6) is 0.229. The molecule has 1 atom stereocenters. The van der Waals surface area contributed by atoms with Crippen molar-refractivity contribution < 1.29 is 5.21 Å². The Labute approximate surface area is 137 Å². The van der Waals surface area contributed by atoms with Gasteiger partial charge in [-0.25, -0.2) is 5.06 Å². The minimum Gasteiger partial charge on any atom is -0.286 e. The molecule has 2 aromatic rings. The van der Waals surface area contributed by atoms with Crippen LogP contribution in [0.5, 0.6) is 0 Å². The van der Waals surface area contributed by atoms with Gasteiger partial charge in [-0.05, 0) is 49.4 Å². The fraction of sp³-hybridized carbons (Fsp3) is 0.278. The third-order valence-electron chi connectivity index (χ3n) is 4.21. The zero-order valence-electron chi connectivity index (χ0n) is 12.6. The van der Waals surface area contributed by atoms with Crippen molar-refractivity contribution in [1.29, 1.82) is 5.41 Å². The van der Waals surface area contributed by atoms with Crippen molar-refractivity contribution in [2.24, 2.45) is 0 Å². The summed E-state index contributed by atoms with van der Waals surface area (Å²) in [5, 5.41) is 19.8. The molecule has 3 nitrogen and oxygen atoms in total. The number of benzene rings is 2. The van der Waals surface area contributed by atoms with E-state index < -0.39 is 0 Å². The van der Waals surface area contributed by atoms with Gasteiger partial charge in [0.15, 0.2) is 0 Å². The summed E-state index contributed by atoms with van der Waals surface area (Å²) in [6.07, 6.45) is 3.04. The first-order valence-corrected chi connectivity index (χ1v) is 7.39. The highest BCUT2D eigenvalue weighted by Crippen LogP contribution is 2.33. The lowest BCUT2D eigenvalue weighted by Crippen LogP contribution is -2.33. The molecule has 4 heteroatoms. The highest BCUT2D eigenvalue weighted by Gasteiger charge is 2.27. The first-order valence-electron chi connectivity index (χ1n) is 7.39. The Kier molecular flexibility index (Phi) is 5.22. The van der Waals surface area contributed by atoms with E-state index >= 15 is 0 Å². The molecule has 0 amide bonds. The molecule has 0 aromatic heterocycles. The second-order valence-electron chi connectivity index (χ2n) is 5.68. The van der Waals surface area contributed by atoms with Crippen LogP contribution < -0.4 is 5.06 Å². The summed E-state index contributed by atoms with van der Waals surface area (Å²) in [6.45, 7) is 2.01. The Bertz CT molecular complexity index is 654. The van der Waals surface area contributed by atoms with Gasteiger partial charge in [-0.2, -0.15) is 0 Å². The Balaban J connectivity index is 0.00000176. The number of halogens is 1. The maximum Gasteiger partial charge on any atom is 0.134 e. The standard InChI is InChI=1S/C18H20N2O.ClH/c1-13-9-11-15(12-10-13)20(21)18(19)17-8-4-6-14-5-2-3-7-16(14)17;/h2-3,5,7,9-12,17,19,21H,4,6,8H2,1H3;1H. The van der Waals surface area contributed by atoms with Gasteiger partial charge < -0.3 is 0 Å². The minimum absolute atomic E-state index is 0. The number of hydroxylamine groups is 1. The highest BCUT2D eigenvalue weighted by atomic mass is 35.5. The number of fused-ring (bicyclic) bond motifs is 1. The number of hydrogen-bond acceptors (Lipinski definition) is 2. The molecule has 1 aliphatic carbocycles. The SMILES string of the molecule is Cc1ccc(N(O)C(=N)C2CCCc3ccccc32)cc1.Cl. The minimum atomic E-state index is -0.0266. The molecule has 0 radical (unpaired) electrons. The van der Waals surface area contributed by atoms with Crippen LogP contribution >= 0.6 is 12.4 Å². The van der Waals surface area contributed by atoms with E-state index in [0.717, 1.165) is 29.9 Å². The van der Waals surface area contributed by atoms with Crippen LogP contribution in [0.2, 0.25) is 0 Å². The second-order valence-corrected chi connectivity index (χ2v) is 5.68. The van der Waals surface area contributed by atoms with Crippen molar-refractivity contribution >= 4 is 23.9 Å². The van der Waals surface area contributed by atoms with E-state index in [1.807, 2.05) is 43.3 Å². The van der Waals surface area contributed by atoms with Gasteiger partial charge in [-0.1, -0.05) is 42.0 Å². The third kappa shape index (κ3) is 3.16. The molecule has 116 valence electrons. The Hall–Kier alpha value is -1.84. The van der Waals surface area contributed by atoms with E-state index in [1.54, 1.807) is 0 Å². The van der Waals surface area contributed by atoms with Crippen LogP contribution in [-0.4, -0.2) is 11.0 Å². The largest absolute Gasteiger partial charge is 0.286 e. The molecule has 2 aromatic carbocycles. The van der Waals surface area contributed by atoms with E-state index in [0.29, 0.717) is 5.69 Å². The summed E-state index contributed by atoms with van der Waals surface area (Å²) in [4.78, 5) is 0. The lowest BCUT2D eigenvalue weighted by molar-refractivity contribution is 0.305. The molecule has 0 saturated heterocycles. The first-order chi connectivity index (χ1) is 10.2. The van der Waals surface area contributed by atoms with Crippen LogP contribution in [0.4, 0.5) is 5.69 Å². The normalized spacial score (nSPS) is 16.4. The van der Waals surface area contributed by atoms with Crippen molar-refractivity contribution in [3.8, 4) is 0 Å². The Morgan fingerprint density at radius 1 is 1.14 bits per heavy atom. The molecule has 0 bridgehead atoms. The zero-order chi connectivity index (χ0) is 14.8. The van der Waals surface area contributed by atoms with Gasteiger partial charge in [0.2, 0.25) is 0 Å². The lowest BCUT2D eigenvalue weighted by Gasteiger charge is -2.29. The van der Waals surface area contributed by atoms with Crippen LogP contribution in [0.25, 0.3) is 0 Å². The number of rotatable bonds is 2. The van der Waals surface area contributed by atoms with Crippen molar-refractivity contribution in [1.82, 2.24) is 0 Å². The smallest absolute Gasteiger partial charge is 0.134 e. The van der Waals surface area contributed by atoms with Gasteiger partial charge in [-0.15, -0.1) is 12.4 Å². The van der Waals surface area contributed by atoms with Crippen molar-refractivity contribution in [3.05, 3.63) is 65.2 Å². The van der Waals surface area contributed by atoms with Crippen LogP contribution in [0.3, 0.4) is 0 Å². The molecule has 0 fully saturated rings.